The minimum Gasteiger partial charge on any atom is -0.311 e. The molecular formula is C21H24N2O6S2. The van der Waals surface area contributed by atoms with Gasteiger partial charge in [-0.3, -0.25) is 9.59 Å². The summed E-state index contributed by atoms with van der Waals surface area (Å²) in [5.74, 6) is -0.574. The van der Waals surface area contributed by atoms with Gasteiger partial charge in [0, 0.05) is 31.1 Å². The van der Waals surface area contributed by atoms with Crippen molar-refractivity contribution in [3.8, 4) is 0 Å². The van der Waals surface area contributed by atoms with Crippen LogP contribution in [0.4, 0.5) is 5.69 Å². The zero-order valence-electron chi connectivity index (χ0n) is 17.5. The molecule has 0 aliphatic carbocycles. The number of likely N-dealkylation sites (N-methyl/N-ethyl adjacent to an activating group) is 1. The number of Topliss-reactive ketones (excluding diaryl/α,β-unsaturated/α-hetero) is 1. The molecule has 0 saturated carbocycles. The summed E-state index contributed by atoms with van der Waals surface area (Å²) in [5, 5.41) is 0. The predicted molar refractivity (Wildman–Crippen MR) is 116 cm³/mol. The van der Waals surface area contributed by atoms with Crippen molar-refractivity contribution in [3.63, 3.8) is 0 Å². The summed E-state index contributed by atoms with van der Waals surface area (Å²) in [7, 11) is -5.96. The lowest BCUT2D eigenvalue weighted by molar-refractivity contribution is -0.118. The van der Waals surface area contributed by atoms with Gasteiger partial charge in [0.15, 0.2) is 15.6 Å². The fraction of sp³-hybridized carbons (Fsp3) is 0.333. The summed E-state index contributed by atoms with van der Waals surface area (Å²) in [6.45, 7) is 1.44. The summed E-state index contributed by atoms with van der Waals surface area (Å²) >= 11 is 0. The summed E-state index contributed by atoms with van der Waals surface area (Å²) in [6.07, 6.45) is 2.41. The first-order valence-corrected chi connectivity index (χ1v) is 12.9. The van der Waals surface area contributed by atoms with Gasteiger partial charge in [-0.2, -0.15) is 4.31 Å². The Hall–Kier alpha value is -2.56. The third-order valence-electron chi connectivity index (χ3n) is 5.23. The van der Waals surface area contributed by atoms with Gasteiger partial charge in [0.2, 0.25) is 15.9 Å². The molecule has 0 N–H and O–H groups in total. The number of carbonyl (C=O) groups excluding carboxylic acids is 2. The van der Waals surface area contributed by atoms with Crippen LogP contribution in [0.3, 0.4) is 0 Å². The van der Waals surface area contributed by atoms with E-state index in [2.05, 4.69) is 0 Å². The average molecular weight is 465 g/mol. The van der Waals surface area contributed by atoms with Gasteiger partial charge < -0.3 is 4.90 Å². The smallest absolute Gasteiger partial charge is 0.243 e. The highest BCUT2D eigenvalue weighted by molar-refractivity contribution is 7.90. The van der Waals surface area contributed by atoms with Crippen molar-refractivity contribution in [2.75, 3.05) is 31.3 Å². The van der Waals surface area contributed by atoms with Crippen molar-refractivity contribution in [1.82, 2.24) is 4.31 Å². The van der Waals surface area contributed by atoms with Crippen LogP contribution < -0.4 is 4.90 Å². The molecule has 2 aromatic carbocycles. The molecule has 2 aromatic rings. The van der Waals surface area contributed by atoms with Crippen LogP contribution in [0.25, 0.3) is 0 Å². The zero-order valence-corrected chi connectivity index (χ0v) is 19.2. The highest BCUT2D eigenvalue weighted by atomic mass is 32.2. The number of hydrogen-bond acceptors (Lipinski definition) is 6. The molecule has 3 rings (SSSR count). The van der Waals surface area contributed by atoms with E-state index >= 15 is 0 Å². The molecule has 0 radical (unpaired) electrons. The van der Waals surface area contributed by atoms with E-state index < -0.39 is 25.8 Å². The number of ketones is 1. The van der Waals surface area contributed by atoms with Crippen molar-refractivity contribution < 1.29 is 26.4 Å². The van der Waals surface area contributed by atoms with E-state index in [0.29, 0.717) is 30.6 Å². The third-order valence-corrected chi connectivity index (χ3v) is 8.15. The summed E-state index contributed by atoms with van der Waals surface area (Å²) in [5.41, 5.74) is 1.74. The first kappa shape index (κ1) is 23.1. The van der Waals surface area contributed by atoms with E-state index in [1.54, 1.807) is 12.1 Å². The SMILES string of the molecule is CC(=O)c1ccc(S(=O)(=O)N(C)CC(=O)N2CCCc3cc(S(C)(=O)=O)ccc32)cc1. The summed E-state index contributed by atoms with van der Waals surface area (Å²) in [4.78, 5) is 26.0. The fourth-order valence-corrected chi connectivity index (χ4v) is 5.26. The molecule has 10 heteroatoms. The molecule has 1 aliphatic heterocycles. The molecule has 8 nitrogen and oxygen atoms in total. The van der Waals surface area contributed by atoms with Crippen molar-refractivity contribution in [2.24, 2.45) is 0 Å². The van der Waals surface area contributed by atoms with Crippen molar-refractivity contribution in [3.05, 3.63) is 53.6 Å². The molecule has 0 unspecified atom stereocenters. The number of fused-ring (bicyclic) bond motifs is 1. The van der Waals surface area contributed by atoms with E-state index in [1.807, 2.05) is 0 Å². The molecule has 1 aliphatic rings. The first-order chi connectivity index (χ1) is 14.4. The Labute approximate surface area is 182 Å². The minimum absolute atomic E-state index is 0.00959. The van der Waals surface area contributed by atoms with Crippen LogP contribution in [0.2, 0.25) is 0 Å². The number of aryl methyl sites for hydroxylation is 1. The molecule has 1 heterocycles. The molecule has 0 bridgehead atoms. The topological polar surface area (TPSA) is 109 Å². The lowest BCUT2D eigenvalue weighted by Gasteiger charge is -2.31. The van der Waals surface area contributed by atoms with Gasteiger partial charge in [0.1, 0.15) is 0 Å². The molecule has 0 aromatic heterocycles. The highest BCUT2D eigenvalue weighted by Crippen LogP contribution is 2.30. The number of hydrogen-bond donors (Lipinski definition) is 0. The van der Waals surface area contributed by atoms with Crippen LogP contribution in [-0.2, 0) is 31.1 Å². The molecule has 166 valence electrons. The maximum Gasteiger partial charge on any atom is 0.243 e. The van der Waals surface area contributed by atoms with Crippen molar-refractivity contribution >= 4 is 37.2 Å². The second-order valence-corrected chi connectivity index (χ2v) is 11.6. The van der Waals surface area contributed by atoms with Crippen molar-refractivity contribution in [2.45, 2.75) is 29.6 Å². The van der Waals surface area contributed by atoms with Crippen molar-refractivity contribution in [1.29, 1.82) is 0 Å². The Balaban J connectivity index is 1.81. The molecule has 0 fully saturated rings. The lowest BCUT2D eigenvalue weighted by atomic mass is 10.0. The number of sulfone groups is 1. The van der Waals surface area contributed by atoms with Gasteiger partial charge >= 0.3 is 0 Å². The highest BCUT2D eigenvalue weighted by Gasteiger charge is 2.28. The average Bonchev–Trinajstić information content (AvgIpc) is 2.72. The Morgan fingerprint density at radius 2 is 1.61 bits per heavy atom. The second-order valence-electron chi connectivity index (χ2n) is 7.55. The van der Waals surface area contributed by atoms with Crippen LogP contribution in [0, 0.1) is 0 Å². The third kappa shape index (κ3) is 4.86. The van der Waals surface area contributed by atoms with Crippen LogP contribution >= 0.6 is 0 Å². The predicted octanol–water partition coefficient (Wildman–Crippen LogP) is 1.89. The minimum atomic E-state index is -3.92. The Kier molecular flexibility index (Phi) is 6.35. The number of nitrogens with zero attached hydrogens (tertiary/aromatic N) is 2. The Morgan fingerprint density at radius 3 is 2.19 bits per heavy atom. The van der Waals surface area contributed by atoms with Crippen LogP contribution in [-0.4, -0.2) is 59.2 Å². The van der Waals surface area contributed by atoms with Gasteiger partial charge in [-0.05, 0) is 55.7 Å². The summed E-state index contributed by atoms with van der Waals surface area (Å²) < 4.78 is 50.3. The molecule has 0 spiro atoms. The zero-order chi connectivity index (χ0) is 23.0. The van der Waals surface area contributed by atoms with E-state index in [1.165, 1.54) is 49.2 Å². The largest absolute Gasteiger partial charge is 0.311 e. The number of rotatable bonds is 6. The van der Waals surface area contributed by atoms with Gasteiger partial charge in [-0.1, -0.05) is 12.1 Å². The number of sulfonamides is 1. The second kappa shape index (κ2) is 8.52. The first-order valence-electron chi connectivity index (χ1n) is 9.62. The number of benzene rings is 2. The summed E-state index contributed by atoms with van der Waals surface area (Å²) in [6, 6.07) is 10.2. The number of anilines is 1. The van der Waals surface area contributed by atoms with E-state index in [9.17, 15) is 26.4 Å². The van der Waals surface area contributed by atoms with Crippen LogP contribution in [0.15, 0.2) is 52.3 Å². The standard InChI is InChI=1S/C21H24N2O6S2/c1-15(24)16-6-8-18(9-7-16)31(28,29)22(2)14-21(25)23-12-4-5-17-13-19(30(3,26)27)10-11-20(17)23/h6-11,13H,4-5,12,14H2,1-3H3. The van der Waals surface area contributed by atoms with Crippen LogP contribution in [0.5, 0.6) is 0 Å². The fourth-order valence-electron chi connectivity index (χ4n) is 3.47. The van der Waals surface area contributed by atoms with Gasteiger partial charge in [0.05, 0.1) is 16.3 Å². The molecule has 0 saturated heterocycles. The molecule has 1 amide bonds. The molecular weight excluding hydrogens is 440 g/mol. The Morgan fingerprint density at radius 1 is 1.00 bits per heavy atom. The van der Waals surface area contributed by atoms with Gasteiger partial charge in [0.25, 0.3) is 0 Å². The van der Waals surface area contributed by atoms with E-state index in [-0.39, 0.29) is 22.1 Å². The van der Waals surface area contributed by atoms with E-state index in [4.69, 9.17) is 0 Å². The number of amides is 1. The Bertz CT molecular complexity index is 1240. The van der Waals surface area contributed by atoms with E-state index in [0.717, 1.165) is 16.1 Å². The molecule has 31 heavy (non-hydrogen) atoms. The number of carbonyl (C=O) groups is 2. The van der Waals surface area contributed by atoms with Crippen LogP contribution in [0.1, 0.15) is 29.3 Å². The van der Waals surface area contributed by atoms with Gasteiger partial charge in [-0.25, -0.2) is 16.8 Å². The lowest BCUT2D eigenvalue weighted by Crippen LogP contribution is -2.43. The maximum atomic E-state index is 12.9. The molecule has 0 atom stereocenters. The normalized spacial score (nSPS) is 14.4. The quantitative estimate of drug-likeness (QED) is 0.604. The maximum absolute atomic E-state index is 12.9. The van der Waals surface area contributed by atoms with Gasteiger partial charge in [-0.15, -0.1) is 0 Å². The monoisotopic (exact) mass is 464 g/mol.